The van der Waals surface area contributed by atoms with Gasteiger partial charge in [-0.2, -0.15) is 0 Å². The van der Waals surface area contributed by atoms with E-state index < -0.39 is 0 Å². The third kappa shape index (κ3) is 8.06. The molecule has 1 rings (SSSR count). The summed E-state index contributed by atoms with van der Waals surface area (Å²) in [6.07, 6.45) is 5.11. The summed E-state index contributed by atoms with van der Waals surface area (Å²) in [4.78, 5) is 2.50. The predicted octanol–water partition coefficient (Wildman–Crippen LogP) is 2.37. The van der Waals surface area contributed by atoms with Gasteiger partial charge in [-0.25, -0.2) is 0 Å². The minimum atomic E-state index is 0.765. The summed E-state index contributed by atoms with van der Waals surface area (Å²) >= 11 is 0. The lowest BCUT2D eigenvalue weighted by Crippen LogP contribution is -2.30. The van der Waals surface area contributed by atoms with Crippen LogP contribution in [0.2, 0.25) is 0 Å². The fraction of sp³-hybridized carbons (Fsp3) is 1.00. The van der Waals surface area contributed by atoms with Gasteiger partial charge >= 0.3 is 0 Å². The molecule has 1 aliphatic rings. The first-order chi connectivity index (χ1) is 8.68. The molecule has 0 radical (unpaired) electrons. The van der Waals surface area contributed by atoms with Crippen LogP contribution in [0.3, 0.4) is 0 Å². The number of hydrogen-bond acceptors (Lipinski definition) is 3. The average molecular weight is 256 g/mol. The third-order valence-corrected chi connectivity index (χ3v) is 3.61. The van der Waals surface area contributed by atoms with Gasteiger partial charge in [-0.05, 0) is 64.2 Å². The van der Waals surface area contributed by atoms with E-state index in [2.05, 4.69) is 31.1 Å². The van der Waals surface area contributed by atoms with Crippen LogP contribution in [-0.2, 0) is 4.74 Å². The van der Waals surface area contributed by atoms with E-state index in [1.54, 1.807) is 0 Å². The van der Waals surface area contributed by atoms with Gasteiger partial charge in [-0.15, -0.1) is 0 Å². The topological polar surface area (TPSA) is 24.5 Å². The Kier molecular flexibility index (Phi) is 8.64. The zero-order valence-corrected chi connectivity index (χ0v) is 12.6. The Balaban J connectivity index is 1.91. The van der Waals surface area contributed by atoms with Crippen LogP contribution in [-0.4, -0.2) is 51.3 Å². The van der Waals surface area contributed by atoms with Crippen LogP contribution in [0.4, 0.5) is 0 Å². The first kappa shape index (κ1) is 15.9. The van der Waals surface area contributed by atoms with E-state index in [1.165, 1.54) is 45.3 Å². The molecule has 1 N–H and O–H groups in total. The molecule has 0 aliphatic carbocycles. The second-order valence-corrected chi connectivity index (χ2v) is 6.12. The maximum Gasteiger partial charge on any atom is 0.0469 e. The summed E-state index contributed by atoms with van der Waals surface area (Å²) in [6, 6.07) is 0. The van der Waals surface area contributed by atoms with E-state index in [-0.39, 0.29) is 0 Å². The summed E-state index contributed by atoms with van der Waals surface area (Å²) in [7, 11) is 2.26. The average Bonchev–Trinajstić information content (AvgIpc) is 2.34. The molecule has 0 saturated carbocycles. The third-order valence-electron chi connectivity index (χ3n) is 3.61. The standard InChI is InChI=1S/C15H32N2O/c1-14(2)12-16-8-4-5-9-17(3)13-15-6-10-18-11-7-15/h14-16H,4-13H2,1-3H3. The lowest BCUT2D eigenvalue weighted by molar-refractivity contribution is 0.0556. The molecule has 0 bridgehead atoms. The van der Waals surface area contributed by atoms with Gasteiger partial charge in [0.25, 0.3) is 0 Å². The highest BCUT2D eigenvalue weighted by Crippen LogP contribution is 2.15. The SMILES string of the molecule is CC(C)CNCCCCN(C)CC1CCOCC1. The minimum absolute atomic E-state index is 0.765. The summed E-state index contributed by atoms with van der Waals surface area (Å²) < 4.78 is 5.40. The molecule has 0 spiro atoms. The van der Waals surface area contributed by atoms with Gasteiger partial charge in [0.2, 0.25) is 0 Å². The molecule has 18 heavy (non-hydrogen) atoms. The molecule has 108 valence electrons. The Morgan fingerprint density at radius 1 is 1.22 bits per heavy atom. The molecule has 0 unspecified atom stereocenters. The van der Waals surface area contributed by atoms with Crippen molar-refractivity contribution < 1.29 is 4.74 Å². The predicted molar refractivity (Wildman–Crippen MR) is 78.0 cm³/mol. The fourth-order valence-electron chi connectivity index (χ4n) is 2.48. The molecule has 0 atom stereocenters. The second kappa shape index (κ2) is 9.76. The molecule has 0 aromatic carbocycles. The molecule has 0 aromatic heterocycles. The van der Waals surface area contributed by atoms with Crippen molar-refractivity contribution in [1.82, 2.24) is 10.2 Å². The van der Waals surface area contributed by atoms with Crippen LogP contribution in [0.5, 0.6) is 0 Å². The Morgan fingerprint density at radius 2 is 1.94 bits per heavy atom. The van der Waals surface area contributed by atoms with E-state index in [0.717, 1.165) is 31.6 Å². The van der Waals surface area contributed by atoms with Crippen molar-refractivity contribution in [3.8, 4) is 0 Å². The van der Waals surface area contributed by atoms with Crippen LogP contribution in [0, 0.1) is 11.8 Å². The molecule has 3 heteroatoms. The van der Waals surface area contributed by atoms with Crippen molar-refractivity contribution >= 4 is 0 Å². The first-order valence-corrected chi connectivity index (χ1v) is 7.65. The van der Waals surface area contributed by atoms with Crippen LogP contribution in [0.15, 0.2) is 0 Å². The van der Waals surface area contributed by atoms with Gasteiger partial charge in [-0.1, -0.05) is 13.8 Å². The van der Waals surface area contributed by atoms with Crippen LogP contribution in [0.1, 0.15) is 39.5 Å². The maximum absolute atomic E-state index is 5.40. The quantitative estimate of drug-likeness (QED) is 0.641. The molecule has 0 amide bonds. The number of nitrogens with zero attached hydrogens (tertiary/aromatic N) is 1. The lowest BCUT2D eigenvalue weighted by atomic mass is 10.00. The Labute approximate surface area is 113 Å². The smallest absolute Gasteiger partial charge is 0.0469 e. The van der Waals surface area contributed by atoms with Gasteiger partial charge in [0.15, 0.2) is 0 Å². The van der Waals surface area contributed by atoms with E-state index in [1.807, 2.05) is 0 Å². The minimum Gasteiger partial charge on any atom is -0.381 e. The van der Waals surface area contributed by atoms with Crippen LogP contribution < -0.4 is 5.32 Å². The second-order valence-electron chi connectivity index (χ2n) is 6.12. The van der Waals surface area contributed by atoms with Gasteiger partial charge in [0.05, 0.1) is 0 Å². The highest BCUT2D eigenvalue weighted by molar-refractivity contribution is 4.67. The number of nitrogens with one attached hydrogen (secondary N) is 1. The molecule has 1 fully saturated rings. The molecule has 0 aromatic rings. The highest BCUT2D eigenvalue weighted by atomic mass is 16.5. The molecule has 1 heterocycles. The van der Waals surface area contributed by atoms with E-state index in [4.69, 9.17) is 4.74 Å². The Hall–Kier alpha value is -0.120. The molecule has 1 saturated heterocycles. The van der Waals surface area contributed by atoms with E-state index in [9.17, 15) is 0 Å². The zero-order valence-electron chi connectivity index (χ0n) is 12.6. The summed E-state index contributed by atoms with van der Waals surface area (Å²) in [5.41, 5.74) is 0. The number of ether oxygens (including phenoxy) is 1. The number of unbranched alkanes of at least 4 members (excludes halogenated alkanes) is 1. The van der Waals surface area contributed by atoms with Gasteiger partial charge in [0, 0.05) is 19.8 Å². The number of rotatable bonds is 9. The van der Waals surface area contributed by atoms with Crippen molar-refractivity contribution in [1.29, 1.82) is 0 Å². The van der Waals surface area contributed by atoms with Crippen molar-refractivity contribution in [2.75, 3.05) is 46.4 Å². The van der Waals surface area contributed by atoms with Gasteiger partial charge in [-0.3, -0.25) is 0 Å². The molecule has 1 aliphatic heterocycles. The maximum atomic E-state index is 5.40. The van der Waals surface area contributed by atoms with Crippen molar-refractivity contribution in [3.05, 3.63) is 0 Å². The summed E-state index contributed by atoms with van der Waals surface area (Å²) in [5.74, 6) is 1.63. The first-order valence-electron chi connectivity index (χ1n) is 7.65. The zero-order chi connectivity index (χ0) is 13.2. The highest BCUT2D eigenvalue weighted by Gasteiger charge is 2.15. The fourth-order valence-corrected chi connectivity index (χ4v) is 2.48. The molecular formula is C15H32N2O. The largest absolute Gasteiger partial charge is 0.381 e. The van der Waals surface area contributed by atoms with Crippen molar-refractivity contribution in [2.24, 2.45) is 11.8 Å². The normalized spacial score (nSPS) is 17.8. The number of hydrogen-bond donors (Lipinski definition) is 1. The van der Waals surface area contributed by atoms with Gasteiger partial charge < -0.3 is 15.0 Å². The van der Waals surface area contributed by atoms with Crippen LogP contribution >= 0.6 is 0 Å². The van der Waals surface area contributed by atoms with Crippen LogP contribution in [0.25, 0.3) is 0 Å². The van der Waals surface area contributed by atoms with Crippen molar-refractivity contribution in [2.45, 2.75) is 39.5 Å². The van der Waals surface area contributed by atoms with E-state index >= 15 is 0 Å². The molecule has 3 nitrogen and oxygen atoms in total. The monoisotopic (exact) mass is 256 g/mol. The lowest BCUT2D eigenvalue weighted by Gasteiger charge is -2.27. The van der Waals surface area contributed by atoms with Crippen molar-refractivity contribution in [3.63, 3.8) is 0 Å². The molecular weight excluding hydrogens is 224 g/mol. The van der Waals surface area contributed by atoms with Gasteiger partial charge in [0.1, 0.15) is 0 Å². The Morgan fingerprint density at radius 3 is 2.61 bits per heavy atom. The van der Waals surface area contributed by atoms with E-state index in [0.29, 0.717) is 0 Å². The summed E-state index contributed by atoms with van der Waals surface area (Å²) in [6.45, 7) is 11.3. The Bertz CT molecular complexity index is 191. The summed E-state index contributed by atoms with van der Waals surface area (Å²) in [5, 5.41) is 3.50.